The van der Waals surface area contributed by atoms with E-state index in [0.717, 1.165) is 60.7 Å². The lowest BCUT2D eigenvalue weighted by molar-refractivity contribution is 0.123. The number of morpholine rings is 1. The van der Waals surface area contributed by atoms with Crippen molar-refractivity contribution in [2.75, 3.05) is 36.6 Å². The maximum Gasteiger partial charge on any atom is 0.143 e. The molecule has 0 spiro atoms. The van der Waals surface area contributed by atoms with Gasteiger partial charge in [-0.2, -0.15) is 0 Å². The molecule has 1 fully saturated rings. The zero-order chi connectivity index (χ0) is 13.9. The van der Waals surface area contributed by atoms with Crippen LogP contribution in [0.25, 0.3) is 10.9 Å². The summed E-state index contributed by atoms with van der Waals surface area (Å²) in [5.74, 6) is 6.36. The Bertz CT molecular complexity index is 608. The number of nitrogens with zero attached hydrogens (tertiary/aromatic N) is 2. The smallest absolute Gasteiger partial charge is 0.143 e. The number of aryl methyl sites for hydroxylation is 1. The number of hydrogen-bond donors (Lipinski definition) is 2. The second-order valence-electron chi connectivity index (χ2n) is 4.94. The van der Waals surface area contributed by atoms with Crippen molar-refractivity contribution in [2.24, 2.45) is 5.84 Å². The first-order valence-electron chi connectivity index (χ1n) is 7.05. The van der Waals surface area contributed by atoms with Crippen molar-refractivity contribution in [1.82, 2.24) is 4.98 Å². The highest BCUT2D eigenvalue weighted by Gasteiger charge is 2.15. The first kappa shape index (κ1) is 13.1. The van der Waals surface area contributed by atoms with Crippen LogP contribution in [0.1, 0.15) is 12.5 Å². The molecular weight excluding hydrogens is 252 g/mol. The number of pyridine rings is 1. The van der Waals surface area contributed by atoms with E-state index < -0.39 is 0 Å². The Balaban J connectivity index is 2.12. The summed E-state index contributed by atoms with van der Waals surface area (Å²) in [5, 5.41) is 1.16. The van der Waals surface area contributed by atoms with Crippen LogP contribution in [-0.4, -0.2) is 31.3 Å². The summed E-state index contributed by atoms with van der Waals surface area (Å²) in [4.78, 5) is 7.05. The monoisotopic (exact) mass is 272 g/mol. The number of nitrogens with two attached hydrogens (primary N) is 1. The van der Waals surface area contributed by atoms with Crippen molar-refractivity contribution in [1.29, 1.82) is 0 Å². The number of nitrogen functional groups attached to an aromatic ring is 1. The van der Waals surface area contributed by atoms with Gasteiger partial charge >= 0.3 is 0 Å². The van der Waals surface area contributed by atoms with E-state index in [0.29, 0.717) is 0 Å². The van der Waals surface area contributed by atoms with E-state index in [-0.39, 0.29) is 0 Å². The van der Waals surface area contributed by atoms with Gasteiger partial charge in [0.05, 0.1) is 24.4 Å². The van der Waals surface area contributed by atoms with Gasteiger partial charge < -0.3 is 15.1 Å². The number of anilines is 2. The van der Waals surface area contributed by atoms with Gasteiger partial charge in [-0.3, -0.25) is 0 Å². The Labute approximate surface area is 118 Å². The van der Waals surface area contributed by atoms with E-state index >= 15 is 0 Å². The Hall–Kier alpha value is -1.85. The molecule has 0 amide bonds. The van der Waals surface area contributed by atoms with E-state index in [1.807, 2.05) is 0 Å². The van der Waals surface area contributed by atoms with Crippen LogP contribution in [0.15, 0.2) is 24.3 Å². The summed E-state index contributed by atoms with van der Waals surface area (Å²) < 4.78 is 5.42. The third-order valence-electron chi connectivity index (χ3n) is 3.77. The van der Waals surface area contributed by atoms with Gasteiger partial charge in [-0.1, -0.05) is 19.1 Å². The molecule has 106 valence electrons. The zero-order valence-corrected chi connectivity index (χ0v) is 11.7. The van der Waals surface area contributed by atoms with E-state index in [1.165, 1.54) is 0 Å². The standard InChI is InChI=1S/C15H20N4O/c1-2-11-10-12-4-3-5-13(14(12)17-15(11)18-16)19-6-8-20-9-7-19/h3-5,10H,2,6-9,16H2,1H3,(H,17,18). The van der Waals surface area contributed by atoms with Gasteiger partial charge in [-0.15, -0.1) is 0 Å². The Kier molecular flexibility index (Phi) is 3.71. The van der Waals surface area contributed by atoms with Crippen LogP contribution in [0.2, 0.25) is 0 Å². The molecule has 0 aliphatic carbocycles. The summed E-state index contributed by atoms with van der Waals surface area (Å²) in [6, 6.07) is 8.48. The van der Waals surface area contributed by atoms with Crippen molar-refractivity contribution < 1.29 is 4.74 Å². The molecule has 0 bridgehead atoms. The molecule has 0 saturated carbocycles. The van der Waals surface area contributed by atoms with Crippen LogP contribution >= 0.6 is 0 Å². The van der Waals surface area contributed by atoms with Gasteiger partial charge in [0.2, 0.25) is 0 Å². The van der Waals surface area contributed by atoms with Crippen LogP contribution in [-0.2, 0) is 11.2 Å². The second kappa shape index (κ2) is 5.64. The molecule has 5 heteroatoms. The van der Waals surface area contributed by atoms with Gasteiger partial charge in [0.1, 0.15) is 5.82 Å². The van der Waals surface area contributed by atoms with Crippen molar-refractivity contribution in [3.8, 4) is 0 Å². The Morgan fingerprint density at radius 1 is 1.35 bits per heavy atom. The predicted octanol–water partition coefficient (Wildman–Crippen LogP) is 1.92. The third-order valence-corrected chi connectivity index (χ3v) is 3.77. The molecule has 1 saturated heterocycles. The second-order valence-corrected chi connectivity index (χ2v) is 4.94. The molecule has 2 aromatic rings. The highest BCUT2D eigenvalue weighted by atomic mass is 16.5. The zero-order valence-electron chi connectivity index (χ0n) is 11.7. The fraction of sp³-hybridized carbons (Fsp3) is 0.400. The van der Waals surface area contributed by atoms with Gasteiger partial charge in [-0.05, 0) is 24.1 Å². The number of fused-ring (bicyclic) bond motifs is 1. The summed E-state index contributed by atoms with van der Waals surface area (Å²) >= 11 is 0. The highest BCUT2D eigenvalue weighted by Crippen LogP contribution is 2.29. The minimum absolute atomic E-state index is 0.765. The number of hydrazine groups is 1. The molecule has 5 nitrogen and oxygen atoms in total. The number of nitrogens with one attached hydrogen (secondary N) is 1. The molecule has 0 atom stereocenters. The predicted molar refractivity (Wildman–Crippen MR) is 82.0 cm³/mol. The van der Waals surface area contributed by atoms with Crippen molar-refractivity contribution >= 4 is 22.4 Å². The molecule has 1 aromatic heterocycles. The lowest BCUT2D eigenvalue weighted by Crippen LogP contribution is -2.36. The number of ether oxygens (including phenoxy) is 1. The molecule has 1 aliphatic heterocycles. The number of rotatable bonds is 3. The van der Waals surface area contributed by atoms with E-state index in [2.05, 4.69) is 41.5 Å². The summed E-state index contributed by atoms with van der Waals surface area (Å²) in [6.07, 6.45) is 0.907. The molecule has 2 heterocycles. The number of benzene rings is 1. The number of para-hydroxylation sites is 1. The van der Waals surface area contributed by atoms with E-state index in [9.17, 15) is 0 Å². The summed E-state index contributed by atoms with van der Waals surface area (Å²) in [5.41, 5.74) is 6.01. The maximum atomic E-state index is 5.60. The van der Waals surface area contributed by atoms with Crippen LogP contribution in [0.4, 0.5) is 11.5 Å². The van der Waals surface area contributed by atoms with Crippen molar-refractivity contribution in [3.63, 3.8) is 0 Å². The van der Waals surface area contributed by atoms with Crippen LogP contribution in [0.5, 0.6) is 0 Å². The molecular formula is C15H20N4O. The third kappa shape index (κ3) is 2.30. The minimum atomic E-state index is 0.765. The molecule has 1 aromatic carbocycles. The van der Waals surface area contributed by atoms with Gasteiger partial charge in [0.15, 0.2) is 0 Å². The van der Waals surface area contributed by atoms with Crippen LogP contribution < -0.4 is 16.2 Å². The lowest BCUT2D eigenvalue weighted by Gasteiger charge is -2.29. The average Bonchev–Trinajstić information content (AvgIpc) is 2.53. The maximum absolute atomic E-state index is 5.60. The normalized spacial score (nSPS) is 15.6. The van der Waals surface area contributed by atoms with Crippen molar-refractivity contribution in [3.05, 3.63) is 29.8 Å². The van der Waals surface area contributed by atoms with E-state index in [1.54, 1.807) is 0 Å². The van der Waals surface area contributed by atoms with Gasteiger partial charge in [0, 0.05) is 18.5 Å². The molecule has 0 radical (unpaired) electrons. The van der Waals surface area contributed by atoms with Crippen LogP contribution in [0.3, 0.4) is 0 Å². The Morgan fingerprint density at radius 3 is 2.85 bits per heavy atom. The molecule has 0 unspecified atom stereocenters. The van der Waals surface area contributed by atoms with Crippen LogP contribution in [0, 0.1) is 0 Å². The lowest BCUT2D eigenvalue weighted by atomic mass is 10.1. The molecule has 3 rings (SSSR count). The molecule has 1 aliphatic rings. The minimum Gasteiger partial charge on any atom is -0.378 e. The Morgan fingerprint density at radius 2 is 2.15 bits per heavy atom. The quantitative estimate of drug-likeness (QED) is 0.660. The molecule has 3 N–H and O–H groups in total. The topological polar surface area (TPSA) is 63.4 Å². The van der Waals surface area contributed by atoms with E-state index in [4.69, 9.17) is 15.6 Å². The SMILES string of the molecule is CCc1cc2cccc(N3CCOCC3)c2nc1NN. The van der Waals surface area contributed by atoms with Gasteiger partial charge in [0.25, 0.3) is 0 Å². The number of hydrogen-bond acceptors (Lipinski definition) is 5. The van der Waals surface area contributed by atoms with Crippen molar-refractivity contribution in [2.45, 2.75) is 13.3 Å². The number of aromatic nitrogens is 1. The first-order valence-corrected chi connectivity index (χ1v) is 7.05. The summed E-state index contributed by atoms with van der Waals surface area (Å²) in [7, 11) is 0. The largest absolute Gasteiger partial charge is 0.378 e. The van der Waals surface area contributed by atoms with Gasteiger partial charge in [-0.25, -0.2) is 10.8 Å². The summed E-state index contributed by atoms with van der Waals surface area (Å²) in [6.45, 7) is 5.45. The molecule has 20 heavy (non-hydrogen) atoms. The highest BCUT2D eigenvalue weighted by molar-refractivity contribution is 5.92. The first-order chi connectivity index (χ1) is 9.83. The fourth-order valence-electron chi connectivity index (χ4n) is 2.68. The fourth-order valence-corrected chi connectivity index (χ4v) is 2.68. The average molecular weight is 272 g/mol.